The molecule has 78 valence electrons. The van der Waals surface area contributed by atoms with Gasteiger partial charge in [-0.1, -0.05) is 6.07 Å². The van der Waals surface area contributed by atoms with Crippen LogP contribution < -0.4 is 4.74 Å². The van der Waals surface area contributed by atoms with E-state index in [-0.39, 0.29) is 5.19 Å². The summed E-state index contributed by atoms with van der Waals surface area (Å²) in [5.41, 5.74) is 0. The highest BCUT2D eigenvalue weighted by Gasteiger charge is 2.12. The van der Waals surface area contributed by atoms with Crippen LogP contribution in [0.4, 0.5) is 8.78 Å². The third-order valence-corrected chi connectivity index (χ3v) is 2.30. The summed E-state index contributed by atoms with van der Waals surface area (Å²) in [6.45, 7) is 1.67. The molecule has 0 atom stereocenters. The van der Waals surface area contributed by atoms with Gasteiger partial charge in [-0.15, -0.1) is 0 Å². The number of ether oxygens (including phenoxy) is 1. The van der Waals surface area contributed by atoms with Crippen molar-refractivity contribution in [1.29, 1.82) is 0 Å². The van der Waals surface area contributed by atoms with Crippen LogP contribution in [0.2, 0.25) is 0 Å². The van der Waals surface area contributed by atoms with Crippen LogP contribution in [0.5, 0.6) is 10.9 Å². The maximum Gasteiger partial charge on any atom is 0.298 e. The highest BCUT2D eigenvalue weighted by Crippen LogP contribution is 2.27. The van der Waals surface area contributed by atoms with E-state index in [9.17, 15) is 8.78 Å². The molecule has 0 aliphatic rings. The second-order valence-corrected chi connectivity index (χ2v) is 3.47. The monoisotopic (exact) mass is 228 g/mol. The molecule has 0 N–H and O–H groups in total. The maximum absolute atomic E-state index is 13.1. The van der Waals surface area contributed by atoms with Gasteiger partial charge in [-0.2, -0.15) is 9.36 Å². The van der Waals surface area contributed by atoms with Crippen LogP contribution in [0.3, 0.4) is 0 Å². The molecule has 0 bridgehead atoms. The summed E-state index contributed by atoms with van der Waals surface area (Å²) in [7, 11) is 0. The number of nitrogens with zero attached hydrogens (tertiary/aromatic N) is 2. The molecule has 0 saturated heterocycles. The van der Waals surface area contributed by atoms with Crippen molar-refractivity contribution < 1.29 is 13.5 Å². The molecule has 0 aliphatic carbocycles. The number of rotatable bonds is 2. The molecular weight excluding hydrogens is 222 g/mol. The summed E-state index contributed by atoms with van der Waals surface area (Å²) in [4.78, 5) is 3.84. The van der Waals surface area contributed by atoms with E-state index in [0.717, 1.165) is 23.7 Å². The molecule has 0 aliphatic heterocycles. The lowest BCUT2D eigenvalue weighted by atomic mass is 10.3. The number of aryl methyl sites for hydroxylation is 1. The number of aromatic nitrogens is 2. The van der Waals surface area contributed by atoms with Gasteiger partial charge in [-0.05, 0) is 19.1 Å². The molecule has 0 saturated carbocycles. The molecule has 2 rings (SSSR count). The van der Waals surface area contributed by atoms with E-state index < -0.39 is 17.4 Å². The summed E-state index contributed by atoms with van der Waals surface area (Å²) in [5.74, 6) is -1.47. The Bertz CT molecular complexity index is 466. The summed E-state index contributed by atoms with van der Waals surface area (Å²) >= 11 is 0.945. The number of hydrogen-bond donors (Lipinski definition) is 0. The van der Waals surface area contributed by atoms with E-state index in [1.165, 1.54) is 6.07 Å². The van der Waals surface area contributed by atoms with Crippen LogP contribution in [0.1, 0.15) is 5.82 Å². The number of benzene rings is 1. The normalized spacial score (nSPS) is 10.3. The van der Waals surface area contributed by atoms with Gasteiger partial charge in [-0.3, -0.25) is 0 Å². The van der Waals surface area contributed by atoms with Crippen molar-refractivity contribution in [2.75, 3.05) is 0 Å². The zero-order valence-electron chi connectivity index (χ0n) is 7.70. The molecule has 0 unspecified atom stereocenters. The van der Waals surface area contributed by atoms with Gasteiger partial charge < -0.3 is 4.74 Å². The Kier molecular flexibility index (Phi) is 2.59. The van der Waals surface area contributed by atoms with Crippen LogP contribution in [0.15, 0.2) is 18.2 Å². The van der Waals surface area contributed by atoms with E-state index in [1.54, 1.807) is 6.92 Å². The van der Waals surface area contributed by atoms with Gasteiger partial charge in [0, 0.05) is 11.5 Å². The minimum Gasteiger partial charge on any atom is -0.424 e. The Morgan fingerprint density at radius 1 is 1.27 bits per heavy atom. The maximum atomic E-state index is 13.1. The lowest BCUT2D eigenvalue weighted by molar-refractivity contribution is 0.405. The van der Waals surface area contributed by atoms with Gasteiger partial charge in [0.25, 0.3) is 5.19 Å². The van der Waals surface area contributed by atoms with Gasteiger partial charge in [0.1, 0.15) is 5.82 Å². The molecule has 0 amide bonds. The Hall–Kier alpha value is -1.56. The summed E-state index contributed by atoms with van der Waals surface area (Å²) in [6.07, 6.45) is 0. The average Bonchev–Trinajstić information content (AvgIpc) is 2.58. The molecular formula is C9H6F2N2OS. The molecule has 1 heterocycles. The molecule has 1 aromatic carbocycles. The lowest BCUT2D eigenvalue weighted by Gasteiger charge is -2.02. The van der Waals surface area contributed by atoms with E-state index >= 15 is 0 Å². The molecule has 6 heteroatoms. The zero-order valence-corrected chi connectivity index (χ0v) is 8.52. The van der Waals surface area contributed by atoms with Crippen LogP contribution >= 0.6 is 11.5 Å². The SMILES string of the molecule is Cc1nsc(Oc2c(F)cccc2F)n1. The van der Waals surface area contributed by atoms with Crippen molar-refractivity contribution in [2.45, 2.75) is 6.92 Å². The number of para-hydroxylation sites is 1. The third-order valence-electron chi connectivity index (χ3n) is 1.62. The van der Waals surface area contributed by atoms with Crippen molar-refractivity contribution in [3.8, 4) is 10.9 Å². The lowest BCUT2D eigenvalue weighted by Crippen LogP contribution is -1.91. The van der Waals surface area contributed by atoms with Crippen molar-refractivity contribution in [1.82, 2.24) is 9.36 Å². The predicted molar refractivity (Wildman–Crippen MR) is 51.1 cm³/mol. The average molecular weight is 228 g/mol. The minimum absolute atomic E-state index is 0.122. The smallest absolute Gasteiger partial charge is 0.298 e. The first-order chi connectivity index (χ1) is 7.16. The largest absolute Gasteiger partial charge is 0.424 e. The van der Waals surface area contributed by atoms with Gasteiger partial charge in [0.2, 0.25) is 5.75 Å². The molecule has 2 aromatic rings. The predicted octanol–water partition coefficient (Wildman–Crippen LogP) is 2.92. The fourth-order valence-electron chi connectivity index (χ4n) is 0.987. The van der Waals surface area contributed by atoms with E-state index in [0.29, 0.717) is 5.82 Å². The van der Waals surface area contributed by atoms with E-state index in [1.807, 2.05) is 0 Å². The standard InChI is InChI=1S/C9H6F2N2OS/c1-5-12-9(15-13-5)14-8-6(10)3-2-4-7(8)11/h2-4H,1H3. The molecule has 0 fully saturated rings. The molecule has 0 spiro atoms. The first-order valence-electron chi connectivity index (χ1n) is 4.09. The van der Waals surface area contributed by atoms with Crippen molar-refractivity contribution >= 4 is 11.5 Å². The van der Waals surface area contributed by atoms with E-state index in [4.69, 9.17) is 4.74 Å². The van der Waals surface area contributed by atoms with Crippen LogP contribution in [-0.4, -0.2) is 9.36 Å². The van der Waals surface area contributed by atoms with Crippen LogP contribution in [-0.2, 0) is 0 Å². The Morgan fingerprint density at radius 2 is 1.93 bits per heavy atom. The number of halogens is 2. The third kappa shape index (κ3) is 2.10. The summed E-state index contributed by atoms with van der Waals surface area (Å²) < 4.78 is 35.1. The fourth-order valence-corrected chi connectivity index (χ4v) is 1.53. The number of hydrogen-bond acceptors (Lipinski definition) is 4. The first-order valence-corrected chi connectivity index (χ1v) is 4.86. The molecule has 0 radical (unpaired) electrons. The topological polar surface area (TPSA) is 35.0 Å². The van der Waals surface area contributed by atoms with E-state index in [2.05, 4.69) is 9.36 Å². The highest BCUT2D eigenvalue weighted by atomic mass is 32.1. The van der Waals surface area contributed by atoms with Crippen molar-refractivity contribution in [2.24, 2.45) is 0 Å². The summed E-state index contributed by atoms with van der Waals surface area (Å²) in [5, 5.41) is 0.122. The Morgan fingerprint density at radius 3 is 2.47 bits per heavy atom. The fraction of sp³-hybridized carbons (Fsp3) is 0.111. The minimum atomic E-state index is -0.761. The first kappa shape index (κ1) is 9.97. The van der Waals surface area contributed by atoms with Gasteiger partial charge >= 0.3 is 0 Å². The van der Waals surface area contributed by atoms with Gasteiger partial charge in [0.05, 0.1) is 0 Å². The van der Waals surface area contributed by atoms with Crippen LogP contribution in [0, 0.1) is 18.6 Å². The second kappa shape index (κ2) is 3.90. The quantitative estimate of drug-likeness (QED) is 0.792. The van der Waals surface area contributed by atoms with Gasteiger partial charge in [0.15, 0.2) is 11.6 Å². The Balaban J connectivity index is 2.31. The zero-order chi connectivity index (χ0) is 10.8. The molecule has 15 heavy (non-hydrogen) atoms. The van der Waals surface area contributed by atoms with Gasteiger partial charge in [-0.25, -0.2) is 8.78 Å². The molecule has 1 aromatic heterocycles. The molecule has 3 nitrogen and oxygen atoms in total. The Labute approximate surface area is 88.5 Å². The second-order valence-electron chi connectivity index (χ2n) is 2.76. The van der Waals surface area contributed by atoms with Crippen molar-refractivity contribution in [3.05, 3.63) is 35.7 Å². The van der Waals surface area contributed by atoms with Crippen LogP contribution in [0.25, 0.3) is 0 Å². The van der Waals surface area contributed by atoms with Crippen molar-refractivity contribution in [3.63, 3.8) is 0 Å². The summed E-state index contributed by atoms with van der Waals surface area (Å²) in [6, 6.07) is 3.50. The highest BCUT2D eigenvalue weighted by molar-refractivity contribution is 7.07.